The normalized spacial score (nSPS) is 13.7. The summed E-state index contributed by atoms with van der Waals surface area (Å²) in [5.41, 5.74) is 0.761. The Bertz CT molecular complexity index is 1430. The fourth-order valence-electron chi connectivity index (χ4n) is 4.02. The number of amides is 1. The van der Waals surface area contributed by atoms with Crippen LogP contribution in [0.15, 0.2) is 73.1 Å². The average molecular weight is 516 g/mol. The predicted octanol–water partition coefficient (Wildman–Crippen LogP) is 4.29. The van der Waals surface area contributed by atoms with Crippen LogP contribution in [-0.2, 0) is 4.74 Å². The number of rotatable bonds is 9. The predicted molar refractivity (Wildman–Crippen MR) is 140 cm³/mol. The maximum absolute atomic E-state index is 12.5. The number of hydrogen-bond acceptors (Lipinski definition) is 9. The lowest BCUT2D eigenvalue weighted by Gasteiger charge is -2.26. The number of nitro groups is 1. The second-order valence-corrected chi connectivity index (χ2v) is 8.50. The summed E-state index contributed by atoms with van der Waals surface area (Å²) in [6.07, 6.45) is 3.16. The zero-order chi connectivity index (χ0) is 26.3. The highest BCUT2D eigenvalue weighted by molar-refractivity contribution is 6.03. The van der Waals surface area contributed by atoms with E-state index in [0.717, 1.165) is 13.1 Å². The van der Waals surface area contributed by atoms with Crippen molar-refractivity contribution in [2.45, 2.75) is 0 Å². The highest BCUT2D eigenvalue weighted by atomic mass is 16.6. The Morgan fingerprint density at radius 2 is 1.84 bits per heavy atom. The maximum atomic E-state index is 12.5. The van der Waals surface area contributed by atoms with Gasteiger partial charge >= 0.3 is 5.69 Å². The van der Waals surface area contributed by atoms with Gasteiger partial charge in [0.15, 0.2) is 5.75 Å². The van der Waals surface area contributed by atoms with Crippen LogP contribution in [0.1, 0.15) is 10.4 Å². The van der Waals surface area contributed by atoms with Crippen LogP contribution in [0.3, 0.4) is 0 Å². The first-order valence-corrected chi connectivity index (χ1v) is 12.1. The van der Waals surface area contributed by atoms with Crippen molar-refractivity contribution in [3.8, 4) is 17.2 Å². The van der Waals surface area contributed by atoms with E-state index >= 15 is 0 Å². The van der Waals surface area contributed by atoms with Gasteiger partial charge in [-0.05, 0) is 42.5 Å². The van der Waals surface area contributed by atoms with Crippen LogP contribution in [0.2, 0.25) is 0 Å². The van der Waals surface area contributed by atoms with E-state index in [1.54, 1.807) is 67.0 Å². The van der Waals surface area contributed by atoms with Crippen LogP contribution >= 0.6 is 0 Å². The van der Waals surface area contributed by atoms with E-state index in [9.17, 15) is 14.9 Å². The first-order valence-electron chi connectivity index (χ1n) is 12.1. The molecule has 2 aromatic carbocycles. The summed E-state index contributed by atoms with van der Waals surface area (Å²) in [5, 5.41) is 15.0. The second kappa shape index (κ2) is 11.6. The number of pyridine rings is 2. The van der Waals surface area contributed by atoms with Gasteiger partial charge in [-0.3, -0.25) is 24.8 Å². The van der Waals surface area contributed by atoms with Crippen LogP contribution in [0.25, 0.3) is 10.9 Å². The second-order valence-electron chi connectivity index (χ2n) is 8.50. The van der Waals surface area contributed by atoms with Gasteiger partial charge in [-0.25, -0.2) is 4.98 Å². The van der Waals surface area contributed by atoms with Crippen LogP contribution in [-0.4, -0.2) is 65.2 Å². The largest absolute Gasteiger partial charge is 0.485 e. The topological polar surface area (TPSA) is 129 Å². The number of hydrogen-bond donors (Lipinski definition) is 1. The molecule has 3 heterocycles. The molecule has 1 saturated heterocycles. The zero-order valence-electron chi connectivity index (χ0n) is 20.4. The van der Waals surface area contributed by atoms with Crippen molar-refractivity contribution in [3.05, 3.63) is 88.7 Å². The van der Waals surface area contributed by atoms with E-state index in [0.29, 0.717) is 60.1 Å². The molecule has 1 N–H and O–H groups in total. The zero-order valence-corrected chi connectivity index (χ0v) is 20.4. The smallest absolute Gasteiger partial charge is 0.311 e. The van der Waals surface area contributed by atoms with E-state index in [2.05, 4.69) is 20.2 Å². The quantitative estimate of drug-likeness (QED) is 0.256. The van der Waals surface area contributed by atoms with Crippen molar-refractivity contribution >= 4 is 28.3 Å². The number of morpholine rings is 1. The lowest BCUT2D eigenvalue weighted by atomic mass is 10.1. The van der Waals surface area contributed by atoms with Gasteiger partial charge in [0.2, 0.25) is 0 Å². The Labute approximate surface area is 218 Å². The van der Waals surface area contributed by atoms with Crippen molar-refractivity contribution in [2.75, 3.05) is 44.8 Å². The number of nitrogens with one attached hydrogen (secondary N) is 1. The first-order chi connectivity index (χ1) is 18.6. The maximum Gasteiger partial charge on any atom is 0.311 e. The molecule has 38 heavy (non-hydrogen) atoms. The Hall–Kier alpha value is -4.61. The SMILES string of the molecule is O=C(Nc1ccccn1)c1ccc(Oc2ccnc3cc(OCCN4CCOCC4)c([N+](=O)[O-])cc23)cc1. The molecule has 0 atom stereocenters. The molecule has 0 spiro atoms. The van der Waals surface area contributed by atoms with Crippen molar-refractivity contribution < 1.29 is 23.9 Å². The molecule has 1 aliphatic rings. The first kappa shape index (κ1) is 25.1. The van der Waals surface area contributed by atoms with Gasteiger partial charge in [-0.2, -0.15) is 0 Å². The van der Waals surface area contributed by atoms with Gasteiger partial charge in [-0.15, -0.1) is 0 Å². The number of nitrogens with zero attached hydrogens (tertiary/aromatic N) is 4. The minimum Gasteiger partial charge on any atom is -0.485 e. The Balaban J connectivity index is 1.31. The molecule has 5 rings (SSSR count). The molecule has 1 aliphatic heterocycles. The molecular formula is C27H25N5O6. The van der Waals surface area contributed by atoms with Gasteiger partial charge in [0.25, 0.3) is 5.91 Å². The van der Waals surface area contributed by atoms with Crippen LogP contribution in [0.4, 0.5) is 11.5 Å². The van der Waals surface area contributed by atoms with Crippen molar-refractivity contribution in [1.29, 1.82) is 0 Å². The monoisotopic (exact) mass is 515 g/mol. The number of benzene rings is 2. The number of nitro benzene ring substituents is 1. The van der Waals surface area contributed by atoms with Crippen molar-refractivity contribution in [2.24, 2.45) is 0 Å². The van der Waals surface area contributed by atoms with E-state index in [-0.39, 0.29) is 17.3 Å². The number of carbonyl (C=O) groups excluding carboxylic acids is 1. The molecule has 0 radical (unpaired) electrons. The fraction of sp³-hybridized carbons (Fsp3) is 0.222. The number of fused-ring (bicyclic) bond motifs is 1. The van der Waals surface area contributed by atoms with Gasteiger partial charge in [0.05, 0.1) is 29.0 Å². The Morgan fingerprint density at radius 3 is 2.58 bits per heavy atom. The van der Waals surface area contributed by atoms with Crippen LogP contribution in [0, 0.1) is 10.1 Å². The third-order valence-electron chi connectivity index (χ3n) is 6.00. The highest BCUT2D eigenvalue weighted by Gasteiger charge is 2.20. The molecule has 4 aromatic rings. The van der Waals surface area contributed by atoms with E-state index in [1.807, 2.05) is 0 Å². The Morgan fingerprint density at radius 1 is 1.03 bits per heavy atom. The van der Waals surface area contributed by atoms with Crippen molar-refractivity contribution in [1.82, 2.24) is 14.9 Å². The standard InChI is InChI=1S/C27H25N5O6/c33-27(30-26-3-1-2-9-29-26)19-4-6-20(7-5-19)38-24-8-10-28-22-18-25(23(32(34)35)17-21(22)24)37-16-13-31-11-14-36-15-12-31/h1-10,17-18H,11-16H2,(H,29,30,33). The molecule has 1 amide bonds. The highest BCUT2D eigenvalue weighted by Crippen LogP contribution is 2.37. The summed E-state index contributed by atoms with van der Waals surface area (Å²) in [7, 11) is 0. The van der Waals surface area contributed by atoms with Gasteiger partial charge in [0, 0.05) is 49.7 Å². The molecule has 0 bridgehead atoms. The van der Waals surface area contributed by atoms with E-state index in [1.165, 1.54) is 6.07 Å². The lowest BCUT2D eigenvalue weighted by Crippen LogP contribution is -2.38. The summed E-state index contributed by atoms with van der Waals surface area (Å²) in [6.45, 7) is 3.91. The molecular weight excluding hydrogens is 490 g/mol. The summed E-state index contributed by atoms with van der Waals surface area (Å²) >= 11 is 0. The van der Waals surface area contributed by atoms with Crippen LogP contribution < -0.4 is 14.8 Å². The van der Waals surface area contributed by atoms with E-state index in [4.69, 9.17) is 14.2 Å². The Kier molecular flexibility index (Phi) is 7.67. The summed E-state index contributed by atoms with van der Waals surface area (Å²) < 4.78 is 17.2. The van der Waals surface area contributed by atoms with Gasteiger partial charge in [-0.1, -0.05) is 6.07 Å². The number of ether oxygens (including phenoxy) is 3. The van der Waals surface area contributed by atoms with Crippen molar-refractivity contribution in [3.63, 3.8) is 0 Å². The summed E-state index contributed by atoms with van der Waals surface area (Å²) in [4.78, 5) is 34.4. The molecule has 194 valence electrons. The lowest BCUT2D eigenvalue weighted by molar-refractivity contribution is -0.385. The number of anilines is 1. The molecule has 1 fully saturated rings. The molecule has 0 unspecified atom stereocenters. The summed E-state index contributed by atoms with van der Waals surface area (Å²) in [5.74, 6) is 1.15. The molecule has 2 aromatic heterocycles. The number of aromatic nitrogens is 2. The summed E-state index contributed by atoms with van der Waals surface area (Å²) in [6, 6.07) is 16.4. The molecule has 11 heteroatoms. The van der Waals surface area contributed by atoms with E-state index < -0.39 is 4.92 Å². The minimum absolute atomic E-state index is 0.156. The molecule has 0 aliphatic carbocycles. The van der Waals surface area contributed by atoms with Gasteiger partial charge in [0.1, 0.15) is 23.9 Å². The molecule has 11 nitrogen and oxygen atoms in total. The third-order valence-corrected chi connectivity index (χ3v) is 6.00. The number of carbonyl (C=O) groups is 1. The fourth-order valence-corrected chi connectivity index (χ4v) is 4.02. The molecule has 0 saturated carbocycles. The van der Waals surface area contributed by atoms with Gasteiger partial charge < -0.3 is 19.5 Å². The third kappa shape index (κ3) is 6.02. The minimum atomic E-state index is -0.477. The van der Waals surface area contributed by atoms with Crippen LogP contribution in [0.5, 0.6) is 17.2 Å². The average Bonchev–Trinajstić information content (AvgIpc) is 2.94.